The van der Waals surface area contributed by atoms with Crippen molar-refractivity contribution in [3.05, 3.63) is 78.0 Å². The van der Waals surface area contributed by atoms with E-state index in [-0.39, 0.29) is 18.5 Å². The summed E-state index contributed by atoms with van der Waals surface area (Å²) in [5, 5.41) is 10.8. The molecule has 3 rings (SSSR count). The molecular weight excluding hydrogens is 336 g/mol. The third-order valence-corrected chi connectivity index (χ3v) is 4.41. The second kappa shape index (κ2) is 8.64. The Labute approximate surface area is 160 Å². The molecule has 1 amide bonds. The highest BCUT2D eigenvalue weighted by atomic mass is 16.2. The number of hydrogen-bond donors (Lipinski definition) is 2. The smallest absolute Gasteiger partial charge is 0.239 e. The van der Waals surface area contributed by atoms with Crippen LogP contribution in [0.4, 0.5) is 5.82 Å². The highest BCUT2D eigenvalue weighted by Crippen LogP contribution is 2.21. The lowest BCUT2D eigenvalue weighted by Crippen LogP contribution is -2.34. The van der Waals surface area contributed by atoms with Gasteiger partial charge in [0.05, 0.1) is 17.9 Å². The molecule has 0 radical (unpaired) electrons. The maximum Gasteiger partial charge on any atom is 0.239 e. The number of hydrogen-bond acceptors (Lipinski definition) is 3. The third kappa shape index (κ3) is 4.83. The Hall–Kier alpha value is -2.92. The zero-order chi connectivity index (χ0) is 19.2. The molecular formula is C22H26N4O. The Morgan fingerprint density at radius 3 is 2.30 bits per heavy atom. The summed E-state index contributed by atoms with van der Waals surface area (Å²) in [7, 11) is 0. The van der Waals surface area contributed by atoms with Crippen LogP contribution in [0.5, 0.6) is 0 Å². The van der Waals surface area contributed by atoms with Gasteiger partial charge in [0.25, 0.3) is 0 Å². The molecule has 3 aromatic rings. The largest absolute Gasteiger partial charge is 0.309 e. The van der Waals surface area contributed by atoms with E-state index in [1.54, 1.807) is 4.68 Å². The molecule has 27 heavy (non-hydrogen) atoms. The molecule has 5 nitrogen and oxygen atoms in total. The Morgan fingerprint density at radius 1 is 1.04 bits per heavy atom. The summed E-state index contributed by atoms with van der Waals surface area (Å²) < 4.78 is 1.75. The topological polar surface area (TPSA) is 59.0 Å². The van der Waals surface area contributed by atoms with Crippen molar-refractivity contribution in [3.63, 3.8) is 0 Å². The normalized spacial score (nSPS) is 12.1. The van der Waals surface area contributed by atoms with Gasteiger partial charge >= 0.3 is 0 Å². The Kier molecular flexibility index (Phi) is 6.04. The van der Waals surface area contributed by atoms with Crippen LogP contribution in [-0.4, -0.2) is 22.2 Å². The molecule has 140 valence electrons. The van der Waals surface area contributed by atoms with Gasteiger partial charge in [-0.3, -0.25) is 4.79 Å². The maximum atomic E-state index is 12.5. The number of nitrogens with zero attached hydrogens (tertiary/aromatic N) is 2. The molecule has 1 atom stereocenters. The first-order valence-corrected chi connectivity index (χ1v) is 9.25. The van der Waals surface area contributed by atoms with Gasteiger partial charge in [-0.2, -0.15) is 5.10 Å². The van der Waals surface area contributed by atoms with Gasteiger partial charge in [0, 0.05) is 12.1 Å². The number of aryl methyl sites for hydroxylation is 1. The lowest BCUT2D eigenvalue weighted by Gasteiger charge is -2.22. The van der Waals surface area contributed by atoms with Crippen molar-refractivity contribution in [3.8, 4) is 5.69 Å². The fourth-order valence-electron chi connectivity index (χ4n) is 3.14. The number of anilines is 1. The van der Waals surface area contributed by atoms with E-state index >= 15 is 0 Å². The zero-order valence-electron chi connectivity index (χ0n) is 16.0. The van der Waals surface area contributed by atoms with Gasteiger partial charge in [-0.15, -0.1) is 0 Å². The Bertz CT molecular complexity index is 872. The standard InChI is InChI=1S/C22H26N4O/c1-16(2)22(18-10-6-4-7-11-18)23-15-21(27)24-20-14-17(3)25-26(20)19-12-8-5-9-13-19/h4-14,16,22-23H,15H2,1-3H3,(H,24,27)/t22-/m1/s1. The summed E-state index contributed by atoms with van der Waals surface area (Å²) in [6.07, 6.45) is 0. The van der Waals surface area contributed by atoms with Gasteiger partial charge in [0.1, 0.15) is 5.82 Å². The minimum absolute atomic E-state index is 0.0892. The molecule has 0 bridgehead atoms. The van der Waals surface area contributed by atoms with Crippen LogP contribution >= 0.6 is 0 Å². The van der Waals surface area contributed by atoms with Crippen LogP contribution in [0.1, 0.15) is 31.1 Å². The van der Waals surface area contributed by atoms with Crippen molar-refractivity contribution in [2.75, 3.05) is 11.9 Å². The highest BCUT2D eigenvalue weighted by molar-refractivity contribution is 5.91. The summed E-state index contributed by atoms with van der Waals surface area (Å²) in [5.41, 5.74) is 2.95. The molecule has 2 aromatic carbocycles. The summed E-state index contributed by atoms with van der Waals surface area (Å²) in [5.74, 6) is 0.956. The molecule has 0 unspecified atom stereocenters. The van der Waals surface area contributed by atoms with Crippen LogP contribution < -0.4 is 10.6 Å². The molecule has 0 fully saturated rings. The molecule has 0 aliphatic rings. The monoisotopic (exact) mass is 362 g/mol. The Balaban J connectivity index is 1.68. The number of amides is 1. The van der Waals surface area contributed by atoms with E-state index in [0.29, 0.717) is 11.7 Å². The average molecular weight is 362 g/mol. The van der Waals surface area contributed by atoms with Crippen molar-refractivity contribution in [1.29, 1.82) is 0 Å². The second-order valence-electron chi connectivity index (χ2n) is 6.98. The first-order valence-electron chi connectivity index (χ1n) is 9.25. The first-order chi connectivity index (χ1) is 13.0. The van der Waals surface area contributed by atoms with Gasteiger partial charge in [0.15, 0.2) is 0 Å². The molecule has 0 saturated heterocycles. The number of para-hydroxylation sites is 1. The molecule has 1 heterocycles. The molecule has 1 aromatic heterocycles. The number of aromatic nitrogens is 2. The number of rotatable bonds is 7. The van der Waals surface area contributed by atoms with Crippen molar-refractivity contribution in [1.82, 2.24) is 15.1 Å². The van der Waals surface area contributed by atoms with Crippen LogP contribution in [-0.2, 0) is 4.79 Å². The number of carbonyl (C=O) groups is 1. The third-order valence-electron chi connectivity index (χ3n) is 4.41. The van der Waals surface area contributed by atoms with Crippen molar-refractivity contribution >= 4 is 11.7 Å². The zero-order valence-corrected chi connectivity index (χ0v) is 16.0. The predicted octanol–water partition coefficient (Wildman–Crippen LogP) is 4.11. The van der Waals surface area contributed by atoms with E-state index in [1.807, 2.05) is 61.5 Å². The van der Waals surface area contributed by atoms with Gasteiger partial charge in [-0.25, -0.2) is 4.68 Å². The molecule has 0 aliphatic heterocycles. The predicted molar refractivity (Wildman–Crippen MR) is 109 cm³/mol. The fourth-order valence-corrected chi connectivity index (χ4v) is 3.14. The molecule has 0 aliphatic carbocycles. The molecule has 2 N–H and O–H groups in total. The fraction of sp³-hybridized carbons (Fsp3) is 0.273. The van der Waals surface area contributed by atoms with Crippen LogP contribution in [0.2, 0.25) is 0 Å². The number of nitrogens with one attached hydrogen (secondary N) is 2. The SMILES string of the molecule is Cc1cc(NC(=O)CN[C@@H](c2ccccc2)C(C)C)n(-c2ccccc2)n1. The van der Waals surface area contributed by atoms with Crippen molar-refractivity contribution < 1.29 is 4.79 Å². The van der Waals surface area contributed by atoms with E-state index in [9.17, 15) is 4.79 Å². The van der Waals surface area contributed by atoms with Gasteiger partial charge < -0.3 is 10.6 Å². The average Bonchev–Trinajstić information content (AvgIpc) is 3.03. The van der Waals surface area contributed by atoms with Crippen molar-refractivity contribution in [2.45, 2.75) is 26.8 Å². The second-order valence-corrected chi connectivity index (χ2v) is 6.98. The summed E-state index contributed by atoms with van der Waals surface area (Å²) >= 11 is 0. The highest BCUT2D eigenvalue weighted by Gasteiger charge is 2.17. The molecule has 0 spiro atoms. The van der Waals surface area contributed by atoms with Gasteiger partial charge in [0.2, 0.25) is 5.91 Å². The summed E-state index contributed by atoms with van der Waals surface area (Å²) in [6.45, 7) is 6.45. The van der Waals surface area contributed by atoms with Crippen LogP contribution in [0.3, 0.4) is 0 Å². The molecule has 5 heteroatoms. The van der Waals surface area contributed by atoms with E-state index in [1.165, 1.54) is 5.56 Å². The maximum absolute atomic E-state index is 12.5. The van der Waals surface area contributed by atoms with Crippen LogP contribution in [0.15, 0.2) is 66.7 Å². The minimum Gasteiger partial charge on any atom is -0.309 e. The number of carbonyl (C=O) groups excluding carboxylic acids is 1. The van der Waals surface area contributed by atoms with Crippen LogP contribution in [0.25, 0.3) is 5.69 Å². The lowest BCUT2D eigenvalue weighted by atomic mass is 9.96. The summed E-state index contributed by atoms with van der Waals surface area (Å²) in [6, 6.07) is 22.0. The Morgan fingerprint density at radius 2 is 1.67 bits per heavy atom. The first kappa shape index (κ1) is 18.9. The van der Waals surface area contributed by atoms with E-state index in [0.717, 1.165) is 11.4 Å². The van der Waals surface area contributed by atoms with Crippen LogP contribution in [0, 0.1) is 12.8 Å². The van der Waals surface area contributed by atoms with Gasteiger partial charge in [-0.05, 0) is 30.5 Å². The quantitative estimate of drug-likeness (QED) is 0.665. The lowest BCUT2D eigenvalue weighted by molar-refractivity contribution is -0.115. The van der Waals surface area contributed by atoms with E-state index in [2.05, 4.69) is 41.7 Å². The van der Waals surface area contributed by atoms with Crippen molar-refractivity contribution in [2.24, 2.45) is 5.92 Å². The van der Waals surface area contributed by atoms with Gasteiger partial charge in [-0.1, -0.05) is 62.4 Å². The van der Waals surface area contributed by atoms with E-state index in [4.69, 9.17) is 0 Å². The van der Waals surface area contributed by atoms with E-state index < -0.39 is 0 Å². The summed E-state index contributed by atoms with van der Waals surface area (Å²) in [4.78, 5) is 12.5. The minimum atomic E-state index is -0.0892. The number of benzene rings is 2. The molecule has 0 saturated carbocycles.